The number of carbonyl (C=O) groups excluding carboxylic acids is 2. The Labute approximate surface area is 229 Å². The summed E-state index contributed by atoms with van der Waals surface area (Å²) in [5.74, 6) is 0.626. The lowest BCUT2D eigenvalue weighted by Crippen LogP contribution is -2.56. The molecule has 204 valence electrons. The summed E-state index contributed by atoms with van der Waals surface area (Å²) in [6.07, 6.45) is 10.4. The lowest BCUT2D eigenvalue weighted by Gasteiger charge is -2.51. The number of carbonyl (C=O) groups is 2. The molecular weight excluding hydrogens is 498 g/mol. The van der Waals surface area contributed by atoms with Crippen LogP contribution in [0.5, 0.6) is 0 Å². The molecule has 1 atom stereocenters. The highest BCUT2D eigenvalue weighted by atomic mass is 32.2. The maximum Gasteiger partial charge on any atom is 0.321 e. The van der Waals surface area contributed by atoms with Crippen LogP contribution in [0.3, 0.4) is 0 Å². The molecule has 2 saturated carbocycles. The van der Waals surface area contributed by atoms with E-state index >= 15 is 0 Å². The molecule has 1 aromatic heterocycles. The number of nitrogens with zero attached hydrogens (tertiary/aromatic N) is 4. The standard InChI is InChI=1S/C29H39N5O3S/c1-32(2)29(23-10-5-4-6-11-23)15-13-28(14-16-29)21-33(27(36)34(28)19-22-8-7-9-22)20-26(35)31-25-18-24(38(3)37)12-17-30-25/h4-6,10-12,17-18,22H,7-9,13-16,19-21H2,1-3H3,(H,30,31,35)/t28-,29-,38?. The predicted octanol–water partition coefficient (Wildman–Crippen LogP) is 4.07. The van der Waals surface area contributed by atoms with Gasteiger partial charge in [-0.3, -0.25) is 9.69 Å². The fourth-order valence-corrected chi connectivity index (χ4v) is 7.05. The highest BCUT2D eigenvalue weighted by Crippen LogP contribution is 2.49. The number of pyridine rings is 1. The summed E-state index contributed by atoms with van der Waals surface area (Å²) in [5.41, 5.74) is 1.02. The first kappa shape index (κ1) is 27.0. The number of hydrogen-bond donors (Lipinski definition) is 1. The van der Waals surface area contributed by atoms with E-state index in [9.17, 15) is 14.1 Å². The van der Waals surface area contributed by atoms with E-state index in [0.717, 1.165) is 32.2 Å². The van der Waals surface area contributed by atoms with Crippen LogP contribution in [0.1, 0.15) is 50.5 Å². The van der Waals surface area contributed by atoms with Gasteiger partial charge in [-0.15, -0.1) is 0 Å². The quantitative estimate of drug-likeness (QED) is 0.513. The van der Waals surface area contributed by atoms with Crippen molar-refractivity contribution in [3.63, 3.8) is 0 Å². The molecule has 2 aliphatic carbocycles. The van der Waals surface area contributed by atoms with Crippen LogP contribution in [0.4, 0.5) is 10.6 Å². The minimum Gasteiger partial charge on any atom is -0.612 e. The van der Waals surface area contributed by atoms with Gasteiger partial charge in [-0.1, -0.05) is 36.8 Å². The third kappa shape index (κ3) is 5.16. The van der Waals surface area contributed by atoms with Crippen molar-refractivity contribution in [3.05, 3.63) is 54.2 Å². The minimum atomic E-state index is -1.17. The van der Waals surface area contributed by atoms with Crippen LogP contribution < -0.4 is 5.32 Å². The summed E-state index contributed by atoms with van der Waals surface area (Å²) in [6.45, 7) is 1.33. The normalized spacial score (nSPS) is 26.6. The van der Waals surface area contributed by atoms with Gasteiger partial charge >= 0.3 is 6.03 Å². The second-order valence-corrected chi connectivity index (χ2v) is 12.8. The zero-order chi connectivity index (χ0) is 26.9. The number of hydrogen-bond acceptors (Lipinski definition) is 5. The van der Waals surface area contributed by atoms with Crippen LogP contribution in [0.2, 0.25) is 0 Å². The molecule has 1 unspecified atom stereocenters. The second kappa shape index (κ2) is 10.9. The lowest BCUT2D eigenvalue weighted by atomic mass is 9.68. The molecule has 3 aliphatic rings. The summed E-state index contributed by atoms with van der Waals surface area (Å²) in [7, 11) is 4.31. The van der Waals surface area contributed by atoms with Crippen molar-refractivity contribution in [2.75, 3.05) is 45.3 Å². The van der Waals surface area contributed by atoms with Crippen LogP contribution >= 0.6 is 0 Å². The topological polar surface area (TPSA) is 91.8 Å². The monoisotopic (exact) mass is 537 g/mol. The summed E-state index contributed by atoms with van der Waals surface area (Å²) in [4.78, 5) is 37.7. The van der Waals surface area contributed by atoms with Crippen molar-refractivity contribution < 1.29 is 14.1 Å². The van der Waals surface area contributed by atoms with Gasteiger partial charge in [-0.2, -0.15) is 0 Å². The molecule has 2 aromatic rings. The minimum absolute atomic E-state index is 0.0135. The van der Waals surface area contributed by atoms with Crippen LogP contribution in [-0.4, -0.2) is 81.7 Å². The van der Waals surface area contributed by atoms with E-state index in [1.54, 1.807) is 23.3 Å². The van der Waals surface area contributed by atoms with Crippen molar-refractivity contribution in [3.8, 4) is 0 Å². The zero-order valence-corrected chi connectivity index (χ0v) is 23.5. The van der Waals surface area contributed by atoms with Crippen LogP contribution in [-0.2, 0) is 21.5 Å². The van der Waals surface area contributed by atoms with Gasteiger partial charge in [0.1, 0.15) is 18.6 Å². The van der Waals surface area contributed by atoms with Crippen molar-refractivity contribution in [1.29, 1.82) is 0 Å². The fourth-order valence-electron chi connectivity index (χ4n) is 6.52. The smallest absolute Gasteiger partial charge is 0.321 e. The van der Waals surface area contributed by atoms with Gasteiger partial charge in [-0.05, 0) is 75.3 Å². The Kier molecular flexibility index (Phi) is 7.71. The van der Waals surface area contributed by atoms with Crippen molar-refractivity contribution >= 4 is 28.9 Å². The first-order chi connectivity index (χ1) is 18.2. The highest BCUT2D eigenvalue weighted by Gasteiger charge is 2.55. The molecule has 5 rings (SSSR count). The van der Waals surface area contributed by atoms with E-state index in [1.807, 2.05) is 0 Å². The molecule has 1 aliphatic heterocycles. The molecule has 38 heavy (non-hydrogen) atoms. The molecular formula is C29H39N5O3S. The van der Waals surface area contributed by atoms with Crippen LogP contribution in [0, 0.1) is 5.92 Å². The molecule has 0 bridgehead atoms. The van der Waals surface area contributed by atoms with Crippen LogP contribution in [0.25, 0.3) is 0 Å². The first-order valence-electron chi connectivity index (χ1n) is 13.6. The number of urea groups is 1. The molecule has 1 aromatic carbocycles. The summed E-state index contributed by atoms with van der Waals surface area (Å²) >= 11 is -1.17. The molecule has 1 N–H and O–H groups in total. The van der Waals surface area contributed by atoms with Gasteiger partial charge in [0.25, 0.3) is 0 Å². The Morgan fingerprint density at radius 3 is 2.47 bits per heavy atom. The SMILES string of the molecule is CN(C)[C@]1(c2ccccc2)CC[C@@]2(CC1)CN(CC(=O)Nc1cc([S+](C)[O-])ccn1)C(=O)N2CC1CCC1. The first-order valence-corrected chi connectivity index (χ1v) is 15.2. The number of nitrogens with one attached hydrogen (secondary N) is 1. The summed E-state index contributed by atoms with van der Waals surface area (Å²) in [6, 6.07) is 14.0. The molecule has 3 fully saturated rings. The Morgan fingerprint density at radius 2 is 1.87 bits per heavy atom. The molecule has 0 radical (unpaired) electrons. The highest BCUT2D eigenvalue weighted by molar-refractivity contribution is 7.90. The van der Waals surface area contributed by atoms with Gasteiger partial charge in [0.05, 0.1) is 5.54 Å². The van der Waals surface area contributed by atoms with E-state index in [1.165, 1.54) is 31.0 Å². The van der Waals surface area contributed by atoms with Gasteiger partial charge in [0.15, 0.2) is 4.90 Å². The third-order valence-electron chi connectivity index (χ3n) is 9.07. The molecule has 1 saturated heterocycles. The molecule has 3 amide bonds. The Balaban J connectivity index is 1.33. The second-order valence-electron chi connectivity index (χ2n) is 11.4. The van der Waals surface area contributed by atoms with Gasteiger partial charge in [0, 0.05) is 37.0 Å². The van der Waals surface area contributed by atoms with Crippen molar-refractivity contribution in [2.45, 2.75) is 60.9 Å². The fraction of sp³-hybridized carbons (Fsp3) is 0.552. The average Bonchev–Trinajstić information content (AvgIpc) is 3.12. The van der Waals surface area contributed by atoms with Gasteiger partial charge in [-0.25, -0.2) is 9.78 Å². The number of amides is 3. The van der Waals surface area contributed by atoms with E-state index < -0.39 is 11.2 Å². The van der Waals surface area contributed by atoms with Gasteiger partial charge < -0.3 is 19.7 Å². The maximum absolute atomic E-state index is 13.8. The van der Waals surface area contributed by atoms with E-state index in [0.29, 0.717) is 23.2 Å². The number of anilines is 1. The molecule has 1 spiro atoms. The third-order valence-corrected chi connectivity index (χ3v) is 9.98. The number of rotatable bonds is 8. The summed E-state index contributed by atoms with van der Waals surface area (Å²) in [5, 5.41) is 2.80. The maximum atomic E-state index is 13.8. The van der Waals surface area contributed by atoms with E-state index in [2.05, 4.69) is 64.5 Å². The number of aromatic nitrogens is 1. The van der Waals surface area contributed by atoms with E-state index in [-0.39, 0.29) is 29.6 Å². The largest absolute Gasteiger partial charge is 0.612 e. The molecule has 9 heteroatoms. The molecule has 2 heterocycles. The van der Waals surface area contributed by atoms with Gasteiger partial charge in [0.2, 0.25) is 5.91 Å². The van der Waals surface area contributed by atoms with Crippen LogP contribution in [0.15, 0.2) is 53.6 Å². The predicted molar refractivity (Wildman–Crippen MR) is 149 cm³/mol. The van der Waals surface area contributed by atoms with Crippen molar-refractivity contribution in [1.82, 2.24) is 19.7 Å². The lowest BCUT2D eigenvalue weighted by molar-refractivity contribution is -0.116. The molecule has 8 nitrogen and oxygen atoms in total. The Bertz CT molecular complexity index is 1150. The Morgan fingerprint density at radius 1 is 1.16 bits per heavy atom. The Hall–Kier alpha value is -2.62. The zero-order valence-electron chi connectivity index (χ0n) is 22.7. The summed E-state index contributed by atoms with van der Waals surface area (Å²) < 4.78 is 11.8. The number of benzene rings is 1. The van der Waals surface area contributed by atoms with E-state index in [4.69, 9.17) is 0 Å². The average molecular weight is 538 g/mol. The van der Waals surface area contributed by atoms with Crippen molar-refractivity contribution in [2.24, 2.45) is 5.92 Å².